The number of carbonyl (C=O) groups is 2. The van der Waals surface area contributed by atoms with Crippen molar-refractivity contribution in [1.29, 1.82) is 0 Å². The third-order valence-electron chi connectivity index (χ3n) is 7.41. The number of halogens is 2. The summed E-state index contributed by atoms with van der Waals surface area (Å²) in [6.07, 6.45) is 2.40. The molecule has 3 aromatic carbocycles. The molecular weight excluding hydrogens is 517 g/mol. The molecule has 9 heteroatoms. The van der Waals surface area contributed by atoms with Gasteiger partial charge in [-0.2, -0.15) is 0 Å². The van der Waals surface area contributed by atoms with E-state index in [0.29, 0.717) is 29.4 Å². The molecule has 3 amide bonds. The number of imide groups is 1. The number of hydrogen-bond acceptors (Lipinski definition) is 4. The quantitative estimate of drug-likeness (QED) is 0.352. The average Bonchev–Trinajstić information content (AvgIpc) is 3.49. The standard InChI is InChI=1S/C30H27ClFN5O2/c1-35-28(37-12-11-27(38)34-30(37)39)15-33-29(35)21-8-5-19(6-9-21)16-36-17-22-10-7-20(13-23(22)18-36)14-24-25(31)3-2-4-26(24)32/h2-10,13,15H,11-12,14,16-18H2,1H3,(H,34,38,39). The van der Waals surface area contributed by atoms with Gasteiger partial charge in [0, 0.05) is 62.2 Å². The minimum Gasteiger partial charge on any atom is -0.314 e. The van der Waals surface area contributed by atoms with Crippen molar-refractivity contribution in [2.24, 2.45) is 7.05 Å². The fourth-order valence-corrected chi connectivity index (χ4v) is 5.60. The highest BCUT2D eigenvalue weighted by Crippen LogP contribution is 2.29. The van der Waals surface area contributed by atoms with Crippen molar-refractivity contribution in [3.05, 3.63) is 106 Å². The van der Waals surface area contributed by atoms with Crippen LogP contribution in [0.15, 0.2) is 66.9 Å². The summed E-state index contributed by atoms with van der Waals surface area (Å²) in [7, 11) is 1.87. The molecule has 2 aliphatic heterocycles. The summed E-state index contributed by atoms with van der Waals surface area (Å²) in [6.45, 7) is 2.83. The molecule has 0 spiro atoms. The predicted octanol–water partition coefficient (Wildman–Crippen LogP) is 5.43. The number of imidazole rings is 1. The lowest BCUT2D eigenvalue weighted by molar-refractivity contribution is -0.120. The zero-order chi connectivity index (χ0) is 27.1. The van der Waals surface area contributed by atoms with E-state index in [2.05, 4.69) is 45.5 Å². The lowest BCUT2D eigenvalue weighted by Crippen LogP contribution is -2.50. The Morgan fingerprint density at radius 2 is 1.77 bits per heavy atom. The summed E-state index contributed by atoms with van der Waals surface area (Å²) in [4.78, 5) is 32.2. The van der Waals surface area contributed by atoms with Crippen molar-refractivity contribution in [2.45, 2.75) is 32.5 Å². The Morgan fingerprint density at radius 1 is 1.00 bits per heavy atom. The lowest BCUT2D eigenvalue weighted by atomic mass is 10.0. The number of aromatic nitrogens is 2. The van der Waals surface area contributed by atoms with Crippen LogP contribution >= 0.6 is 11.6 Å². The van der Waals surface area contributed by atoms with Gasteiger partial charge in [-0.3, -0.25) is 19.9 Å². The summed E-state index contributed by atoms with van der Waals surface area (Å²) in [5.74, 6) is 0.856. The molecule has 1 aromatic heterocycles. The Bertz CT molecular complexity index is 1560. The van der Waals surface area contributed by atoms with E-state index < -0.39 is 6.03 Å². The van der Waals surface area contributed by atoms with Crippen LogP contribution < -0.4 is 10.2 Å². The zero-order valence-corrected chi connectivity index (χ0v) is 22.2. The monoisotopic (exact) mass is 543 g/mol. The van der Waals surface area contributed by atoms with Crippen LogP contribution in [-0.2, 0) is 37.9 Å². The molecule has 39 heavy (non-hydrogen) atoms. The molecule has 0 radical (unpaired) electrons. The molecule has 1 fully saturated rings. The Hall–Kier alpha value is -4.01. The number of nitrogens with one attached hydrogen (secondary N) is 1. The van der Waals surface area contributed by atoms with E-state index in [0.717, 1.165) is 36.6 Å². The molecule has 0 unspecified atom stereocenters. The van der Waals surface area contributed by atoms with E-state index in [1.165, 1.54) is 27.7 Å². The number of amides is 3. The molecule has 198 valence electrons. The number of carbonyl (C=O) groups excluding carboxylic acids is 2. The normalized spacial score (nSPS) is 15.5. The number of anilines is 1. The second-order valence-electron chi connectivity index (χ2n) is 10.1. The Kier molecular flexibility index (Phi) is 6.66. The van der Waals surface area contributed by atoms with Crippen LogP contribution in [0.4, 0.5) is 15.0 Å². The molecule has 7 nitrogen and oxygen atoms in total. The molecule has 4 aromatic rings. The van der Waals surface area contributed by atoms with E-state index >= 15 is 0 Å². The first kappa shape index (κ1) is 25.3. The van der Waals surface area contributed by atoms with Gasteiger partial charge in [0.25, 0.3) is 0 Å². The molecule has 2 aliphatic rings. The Balaban J connectivity index is 1.11. The van der Waals surface area contributed by atoms with Crippen LogP contribution in [-0.4, -0.2) is 32.9 Å². The molecule has 3 heterocycles. The number of fused-ring (bicyclic) bond motifs is 1. The highest BCUT2D eigenvalue weighted by atomic mass is 35.5. The topological polar surface area (TPSA) is 70.5 Å². The number of rotatable bonds is 6. The van der Waals surface area contributed by atoms with Gasteiger partial charge in [0.15, 0.2) is 0 Å². The fourth-order valence-electron chi connectivity index (χ4n) is 5.37. The van der Waals surface area contributed by atoms with Gasteiger partial charge in [-0.05, 0) is 34.4 Å². The van der Waals surface area contributed by atoms with Gasteiger partial charge in [0.05, 0.1) is 6.20 Å². The number of hydrogen-bond donors (Lipinski definition) is 1. The third kappa shape index (κ3) is 5.05. The Morgan fingerprint density at radius 3 is 2.54 bits per heavy atom. The van der Waals surface area contributed by atoms with E-state index in [1.807, 2.05) is 23.7 Å². The van der Waals surface area contributed by atoms with Gasteiger partial charge in [0.2, 0.25) is 5.91 Å². The third-order valence-corrected chi connectivity index (χ3v) is 7.77. The maximum absolute atomic E-state index is 14.3. The first-order valence-electron chi connectivity index (χ1n) is 12.8. The average molecular weight is 544 g/mol. The minimum atomic E-state index is -0.425. The summed E-state index contributed by atoms with van der Waals surface area (Å²) >= 11 is 6.23. The summed E-state index contributed by atoms with van der Waals surface area (Å²) < 4.78 is 16.1. The van der Waals surface area contributed by atoms with Crippen LogP contribution in [0.2, 0.25) is 5.02 Å². The predicted molar refractivity (Wildman–Crippen MR) is 148 cm³/mol. The smallest absolute Gasteiger partial charge is 0.314 e. The van der Waals surface area contributed by atoms with E-state index in [-0.39, 0.29) is 18.1 Å². The summed E-state index contributed by atoms with van der Waals surface area (Å²) in [6, 6.07) is 19.0. The van der Waals surface area contributed by atoms with Crippen molar-refractivity contribution in [3.63, 3.8) is 0 Å². The van der Waals surface area contributed by atoms with Crippen LogP contribution in [0.5, 0.6) is 0 Å². The molecule has 0 atom stereocenters. The van der Waals surface area contributed by atoms with Crippen molar-refractivity contribution in [3.8, 4) is 11.4 Å². The van der Waals surface area contributed by atoms with Gasteiger partial charge >= 0.3 is 6.03 Å². The van der Waals surface area contributed by atoms with Gasteiger partial charge in [-0.1, -0.05) is 60.1 Å². The first-order valence-corrected chi connectivity index (χ1v) is 13.2. The van der Waals surface area contributed by atoms with E-state index in [9.17, 15) is 14.0 Å². The summed E-state index contributed by atoms with van der Waals surface area (Å²) in [5, 5.41) is 2.81. The number of nitrogens with zero attached hydrogens (tertiary/aromatic N) is 4. The highest BCUT2D eigenvalue weighted by molar-refractivity contribution is 6.31. The molecule has 6 rings (SSSR count). The van der Waals surface area contributed by atoms with Gasteiger partial charge < -0.3 is 4.57 Å². The number of urea groups is 1. The van der Waals surface area contributed by atoms with Crippen molar-refractivity contribution in [2.75, 3.05) is 11.4 Å². The van der Waals surface area contributed by atoms with Gasteiger partial charge in [-0.15, -0.1) is 0 Å². The van der Waals surface area contributed by atoms with E-state index in [1.54, 1.807) is 18.3 Å². The van der Waals surface area contributed by atoms with Crippen molar-refractivity contribution >= 4 is 29.4 Å². The Labute approximate surface area is 230 Å². The molecule has 1 N–H and O–H groups in total. The second kappa shape index (κ2) is 10.3. The van der Waals surface area contributed by atoms with Crippen LogP contribution in [0.1, 0.15) is 34.2 Å². The molecular formula is C30H27ClFN5O2. The molecule has 0 aliphatic carbocycles. The van der Waals surface area contributed by atoms with Crippen molar-refractivity contribution < 1.29 is 14.0 Å². The zero-order valence-electron chi connectivity index (χ0n) is 21.5. The SMILES string of the molecule is Cn1c(N2CCC(=O)NC2=O)cnc1-c1ccc(CN2Cc3ccc(Cc4c(F)cccc4Cl)cc3C2)cc1. The molecule has 0 bridgehead atoms. The van der Waals surface area contributed by atoms with Crippen LogP contribution in [0.3, 0.4) is 0 Å². The highest BCUT2D eigenvalue weighted by Gasteiger charge is 2.27. The fraction of sp³-hybridized carbons (Fsp3) is 0.233. The second-order valence-corrected chi connectivity index (χ2v) is 10.5. The van der Waals surface area contributed by atoms with E-state index in [4.69, 9.17) is 11.6 Å². The minimum absolute atomic E-state index is 0.261. The molecule has 1 saturated heterocycles. The molecule has 0 saturated carbocycles. The van der Waals surface area contributed by atoms with Crippen LogP contribution in [0, 0.1) is 5.82 Å². The maximum atomic E-state index is 14.3. The lowest BCUT2D eigenvalue weighted by Gasteiger charge is -2.26. The van der Waals surface area contributed by atoms with Crippen LogP contribution in [0.25, 0.3) is 11.4 Å². The maximum Gasteiger partial charge on any atom is 0.329 e. The number of benzene rings is 3. The largest absolute Gasteiger partial charge is 0.329 e. The van der Waals surface area contributed by atoms with Gasteiger partial charge in [0.1, 0.15) is 17.5 Å². The first-order chi connectivity index (χ1) is 18.9. The van der Waals surface area contributed by atoms with Gasteiger partial charge in [-0.25, -0.2) is 14.2 Å². The summed E-state index contributed by atoms with van der Waals surface area (Å²) in [5.41, 5.74) is 6.27. The van der Waals surface area contributed by atoms with Crippen molar-refractivity contribution in [1.82, 2.24) is 19.8 Å².